The van der Waals surface area contributed by atoms with Gasteiger partial charge in [-0.3, -0.25) is 9.69 Å². The fraction of sp³-hybridized carbons (Fsp3) is 0.0588. The summed E-state index contributed by atoms with van der Waals surface area (Å²) in [4.78, 5) is 16.5. The third-order valence-corrected chi connectivity index (χ3v) is 4.34. The quantitative estimate of drug-likeness (QED) is 0.883. The monoisotopic (exact) mass is 307 g/mol. The molecule has 2 aromatic carbocycles. The van der Waals surface area contributed by atoms with Crippen molar-refractivity contribution in [3.63, 3.8) is 0 Å². The number of para-hydroxylation sites is 2. The van der Waals surface area contributed by atoms with Crippen molar-refractivity contribution in [2.45, 2.75) is 9.79 Å². The van der Waals surface area contributed by atoms with E-state index in [4.69, 9.17) is 5.26 Å². The molecular formula is C17H13N3OS. The molecule has 0 radical (unpaired) electrons. The van der Waals surface area contributed by atoms with Crippen molar-refractivity contribution < 1.29 is 4.79 Å². The maximum atomic E-state index is 12.6. The lowest BCUT2D eigenvalue weighted by atomic mass is 10.2. The van der Waals surface area contributed by atoms with E-state index in [2.05, 4.69) is 5.32 Å². The van der Waals surface area contributed by atoms with E-state index in [0.717, 1.165) is 21.2 Å². The molecule has 22 heavy (non-hydrogen) atoms. The van der Waals surface area contributed by atoms with Crippen LogP contribution in [-0.4, -0.2) is 12.5 Å². The van der Waals surface area contributed by atoms with Gasteiger partial charge in [-0.1, -0.05) is 36.0 Å². The third-order valence-electron chi connectivity index (χ3n) is 3.21. The topological polar surface area (TPSA) is 56.1 Å². The van der Waals surface area contributed by atoms with Crippen LogP contribution in [0.2, 0.25) is 0 Å². The summed E-state index contributed by atoms with van der Waals surface area (Å²) in [6, 6.07) is 17.6. The van der Waals surface area contributed by atoms with Crippen LogP contribution in [-0.2, 0) is 4.79 Å². The zero-order valence-electron chi connectivity index (χ0n) is 11.7. The number of carbonyl (C=O) groups is 1. The average molecular weight is 307 g/mol. The van der Waals surface area contributed by atoms with Crippen LogP contribution in [0.4, 0.5) is 11.4 Å². The van der Waals surface area contributed by atoms with Crippen molar-refractivity contribution in [2.75, 3.05) is 11.4 Å². The van der Waals surface area contributed by atoms with Crippen molar-refractivity contribution in [3.8, 4) is 6.07 Å². The first kappa shape index (κ1) is 14.2. The van der Waals surface area contributed by atoms with E-state index in [0.29, 0.717) is 0 Å². The molecule has 0 bridgehead atoms. The second-order valence-electron chi connectivity index (χ2n) is 4.61. The van der Waals surface area contributed by atoms with Gasteiger partial charge >= 0.3 is 0 Å². The molecule has 1 aliphatic rings. The van der Waals surface area contributed by atoms with E-state index >= 15 is 0 Å². The summed E-state index contributed by atoms with van der Waals surface area (Å²) in [5.74, 6) is -0.0669. The third kappa shape index (κ3) is 2.69. The maximum Gasteiger partial charge on any atom is 0.250 e. The van der Waals surface area contributed by atoms with Gasteiger partial charge in [-0.15, -0.1) is 0 Å². The number of benzene rings is 2. The number of hydrogen-bond acceptors (Lipinski definition) is 4. The zero-order valence-corrected chi connectivity index (χ0v) is 12.5. The predicted molar refractivity (Wildman–Crippen MR) is 86.9 cm³/mol. The van der Waals surface area contributed by atoms with Crippen LogP contribution < -0.4 is 10.2 Å². The lowest BCUT2D eigenvalue weighted by Gasteiger charge is -2.31. The molecule has 0 unspecified atom stereocenters. The molecule has 0 atom stereocenters. The Morgan fingerprint density at radius 2 is 1.73 bits per heavy atom. The van der Waals surface area contributed by atoms with Crippen LogP contribution in [0.15, 0.2) is 70.6 Å². The summed E-state index contributed by atoms with van der Waals surface area (Å²) in [5, 5.41) is 11.3. The van der Waals surface area contributed by atoms with Crippen molar-refractivity contribution in [3.05, 3.63) is 60.8 Å². The minimum atomic E-state index is -0.0669. The number of carbonyl (C=O) groups excluding carboxylic acids is 1. The number of allylic oxidation sites excluding steroid dienone is 1. The molecule has 0 saturated carbocycles. The first-order valence-corrected chi connectivity index (χ1v) is 7.60. The molecule has 2 aromatic rings. The minimum Gasteiger partial charge on any atom is -0.382 e. The first-order chi connectivity index (χ1) is 10.8. The molecule has 108 valence electrons. The van der Waals surface area contributed by atoms with E-state index in [-0.39, 0.29) is 12.5 Å². The fourth-order valence-electron chi connectivity index (χ4n) is 2.29. The van der Waals surface area contributed by atoms with Crippen molar-refractivity contribution in [2.24, 2.45) is 0 Å². The van der Waals surface area contributed by atoms with E-state index in [1.165, 1.54) is 12.3 Å². The Bertz CT molecular complexity index is 734. The fourth-order valence-corrected chi connectivity index (χ4v) is 3.35. The van der Waals surface area contributed by atoms with Gasteiger partial charge in [-0.25, -0.2) is 0 Å². The molecule has 0 aliphatic carbocycles. The summed E-state index contributed by atoms with van der Waals surface area (Å²) in [6.45, 7) is 0.130. The Morgan fingerprint density at radius 3 is 2.32 bits per heavy atom. The van der Waals surface area contributed by atoms with Gasteiger partial charge < -0.3 is 5.32 Å². The number of rotatable bonds is 3. The molecule has 4 nitrogen and oxygen atoms in total. The Kier molecular flexibility index (Phi) is 4.12. The van der Waals surface area contributed by atoms with Crippen molar-refractivity contribution >= 4 is 29.0 Å². The van der Waals surface area contributed by atoms with E-state index in [1.807, 2.05) is 54.6 Å². The summed E-state index contributed by atoms with van der Waals surface area (Å²) < 4.78 is 0. The molecule has 3 rings (SSSR count). The molecule has 1 heterocycles. The molecule has 0 aromatic heterocycles. The van der Waals surface area contributed by atoms with Crippen LogP contribution >= 0.6 is 11.8 Å². The average Bonchev–Trinajstić information content (AvgIpc) is 2.56. The van der Waals surface area contributed by atoms with Crippen LogP contribution in [0.1, 0.15) is 0 Å². The second-order valence-corrected chi connectivity index (χ2v) is 5.69. The van der Waals surface area contributed by atoms with Gasteiger partial charge in [0.15, 0.2) is 0 Å². The normalized spacial score (nSPS) is 12.4. The lowest BCUT2D eigenvalue weighted by molar-refractivity contribution is -0.117. The van der Waals surface area contributed by atoms with Crippen molar-refractivity contribution in [1.82, 2.24) is 5.32 Å². The molecule has 5 heteroatoms. The maximum absolute atomic E-state index is 12.6. The van der Waals surface area contributed by atoms with Crippen molar-refractivity contribution in [1.29, 1.82) is 5.26 Å². The van der Waals surface area contributed by atoms with Gasteiger partial charge in [0.2, 0.25) is 0 Å². The minimum absolute atomic E-state index is 0.0669. The Morgan fingerprint density at radius 1 is 1.14 bits per heavy atom. The highest BCUT2D eigenvalue weighted by molar-refractivity contribution is 7.99. The second kappa shape index (κ2) is 6.37. The van der Waals surface area contributed by atoms with E-state index < -0.39 is 0 Å². The van der Waals surface area contributed by atoms with Gasteiger partial charge in [0, 0.05) is 22.1 Å². The van der Waals surface area contributed by atoms with E-state index in [1.54, 1.807) is 16.7 Å². The summed E-state index contributed by atoms with van der Waals surface area (Å²) in [5.41, 5.74) is 1.78. The Balaban J connectivity index is 1.94. The zero-order chi connectivity index (χ0) is 15.4. The van der Waals surface area contributed by atoms with Crippen LogP contribution in [0, 0.1) is 11.3 Å². The molecule has 1 amide bonds. The summed E-state index contributed by atoms with van der Waals surface area (Å²) >= 11 is 1.66. The number of anilines is 2. The highest BCUT2D eigenvalue weighted by Gasteiger charge is 2.27. The van der Waals surface area contributed by atoms with Gasteiger partial charge in [0.1, 0.15) is 0 Å². The Labute approximate surface area is 133 Å². The molecule has 0 spiro atoms. The smallest absolute Gasteiger partial charge is 0.250 e. The number of nitriles is 1. The van der Waals surface area contributed by atoms with Crippen LogP contribution in [0.25, 0.3) is 0 Å². The van der Waals surface area contributed by atoms with Gasteiger partial charge in [-0.2, -0.15) is 5.26 Å². The lowest BCUT2D eigenvalue weighted by Crippen LogP contribution is -2.34. The van der Waals surface area contributed by atoms with Crippen LogP contribution in [0.5, 0.6) is 0 Å². The largest absolute Gasteiger partial charge is 0.382 e. The van der Waals surface area contributed by atoms with Gasteiger partial charge in [0.05, 0.1) is 24.0 Å². The highest BCUT2D eigenvalue weighted by atomic mass is 32.2. The summed E-state index contributed by atoms with van der Waals surface area (Å²) in [6.07, 6.45) is 2.79. The molecule has 1 aliphatic heterocycles. The molecule has 0 fully saturated rings. The number of fused-ring (bicyclic) bond motifs is 2. The van der Waals surface area contributed by atoms with Crippen LogP contribution in [0.3, 0.4) is 0 Å². The first-order valence-electron chi connectivity index (χ1n) is 6.78. The van der Waals surface area contributed by atoms with Gasteiger partial charge in [-0.05, 0) is 24.3 Å². The van der Waals surface area contributed by atoms with Gasteiger partial charge in [0.25, 0.3) is 5.91 Å². The summed E-state index contributed by atoms with van der Waals surface area (Å²) in [7, 11) is 0. The SMILES string of the molecule is N#C/C=C/NCC(=O)N1c2ccccc2Sc2ccccc21. The van der Waals surface area contributed by atoms with E-state index in [9.17, 15) is 4.79 Å². The Hall–Kier alpha value is -2.71. The highest BCUT2D eigenvalue weighted by Crippen LogP contribution is 2.47. The standard InChI is InChI=1S/C17H13N3OS/c18-10-5-11-19-12-17(21)20-13-6-1-3-8-15(13)22-16-9-4-2-7-14(16)20/h1-9,11,19H,12H2/b11-5+. The number of nitrogens with zero attached hydrogens (tertiary/aromatic N) is 2. The number of nitrogens with one attached hydrogen (secondary N) is 1. The molecule has 0 saturated heterocycles. The molecular weight excluding hydrogens is 294 g/mol. The number of amides is 1. The predicted octanol–water partition coefficient (Wildman–Crippen LogP) is 3.44. The number of hydrogen-bond donors (Lipinski definition) is 1. The molecule has 1 N–H and O–H groups in total.